The van der Waals surface area contributed by atoms with Gasteiger partial charge in [0.25, 0.3) is 6.43 Å². The molecule has 1 fully saturated rings. The van der Waals surface area contributed by atoms with E-state index in [2.05, 4.69) is 24.7 Å². The van der Waals surface area contributed by atoms with Gasteiger partial charge in [0.05, 0.1) is 28.5 Å². The molecule has 1 saturated heterocycles. The molecule has 1 aliphatic rings. The van der Waals surface area contributed by atoms with E-state index >= 15 is 0 Å². The Morgan fingerprint density at radius 2 is 2.21 bits per heavy atom. The molecule has 3 heterocycles. The number of nitrogens with one attached hydrogen (secondary N) is 3. The molecule has 1 atom stereocenters. The molecule has 3 N–H and O–H groups in total. The number of hydrogen-bond donors (Lipinski definition) is 3. The first-order valence-corrected chi connectivity index (χ1v) is 10.4. The molecule has 9 nitrogen and oxygen atoms in total. The third-order valence-corrected chi connectivity index (χ3v) is 6.44. The van der Waals surface area contributed by atoms with E-state index in [1.165, 1.54) is 25.6 Å². The molecule has 3 rings (SSSR count). The summed E-state index contributed by atoms with van der Waals surface area (Å²) < 4.78 is 51.4. The molecule has 1 aliphatic heterocycles. The zero-order valence-electron chi connectivity index (χ0n) is 15.6. The van der Waals surface area contributed by atoms with Gasteiger partial charge in [-0.05, 0) is 32.0 Å². The minimum absolute atomic E-state index is 0.309. The maximum atomic E-state index is 12.4. The molecule has 12 heteroatoms. The molecule has 0 aromatic carbocycles. The van der Waals surface area contributed by atoms with Gasteiger partial charge in [0.1, 0.15) is 18.0 Å². The van der Waals surface area contributed by atoms with Gasteiger partial charge in [-0.25, -0.2) is 36.9 Å². The Kier molecular flexibility index (Phi) is 6.33. The Hall–Kier alpha value is -2.73. The normalized spacial score (nSPS) is 17.9. The lowest BCUT2D eigenvalue weighted by molar-refractivity contribution is 0.226. The fourth-order valence-electron chi connectivity index (χ4n) is 3.03. The minimum Gasteiger partial charge on any atom is -0.355 e. The van der Waals surface area contributed by atoms with Gasteiger partial charge in [0.15, 0.2) is 0 Å². The first kappa shape index (κ1) is 21.0. The molecule has 0 amide bonds. The fourth-order valence-corrected chi connectivity index (χ4v) is 4.21. The van der Waals surface area contributed by atoms with Gasteiger partial charge in [-0.1, -0.05) is 0 Å². The second-order valence-electron chi connectivity index (χ2n) is 6.49. The van der Waals surface area contributed by atoms with Crippen LogP contribution < -0.4 is 9.62 Å². The number of aromatic amines is 1. The SMILES string of the molecule is CNS(=O)(=O)C1CCCN(c2cc(-c3cnc(/C=C\C(=N)C(F)F)[nH]3)ncn2)C1. The number of anilines is 1. The zero-order valence-corrected chi connectivity index (χ0v) is 16.5. The first-order chi connectivity index (χ1) is 13.8. The molecule has 0 radical (unpaired) electrons. The predicted octanol–water partition coefficient (Wildman–Crippen LogP) is 1.68. The highest BCUT2D eigenvalue weighted by atomic mass is 32.2. The lowest BCUT2D eigenvalue weighted by Crippen LogP contribution is -2.45. The second-order valence-corrected chi connectivity index (χ2v) is 8.66. The van der Waals surface area contributed by atoms with E-state index < -0.39 is 27.4 Å². The van der Waals surface area contributed by atoms with E-state index in [1.54, 1.807) is 6.07 Å². The number of imidazole rings is 1. The lowest BCUT2D eigenvalue weighted by atomic mass is 10.1. The van der Waals surface area contributed by atoms with Gasteiger partial charge in [0.2, 0.25) is 10.0 Å². The second kappa shape index (κ2) is 8.74. The molecule has 0 spiro atoms. The summed E-state index contributed by atoms with van der Waals surface area (Å²) in [5.41, 5.74) is 0.279. The number of piperidine rings is 1. The molecule has 2 aromatic heterocycles. The van der Waals surface area contributed by atoms with Gasteiger partial charge in [-0.2, -0.15) is 0 Å². The highest BCUT2D eigenvalue weighted by molar-refractivity contribution is 7.90. The van der Waals surface area contributed by atoms with Crippen molar-refractivity contribution in [2.75, 3.05) is 25.0 Å². The van der Waals surface area contributed by atoms with Crippen molar-refractivity contribution < 1.29 is 17.2 Å². The van der Waals surface area contributed by atoms with Gasteiger partial charge >= 0.3 is 0 Å². The van der Waals surface area contributed by atoms with E-state index in [-0.39, 0.29) is 0 Å². The molecule has 2 aromatic rings. The monoisotopic (exact) mass is 425 g/mol. The van der Waals surface area contributed by atoms with Gasteiger partial charge in [0, 0.05) is 19.2 Å². The maximum absolute atomic E-state index is 12.4. The van der Waals surface area contributed by atoms with Crippen LogP contribution in [-0.2, 0) is 10.0 Å². The Balaban J connectivity index is 1.77. The fraction of sp³-hybridized carbons (Fsp3) is 0.412. The van der Waals surface area contributed by atoms with Crippen LogP contribution in [0.1, 0.15) is 18.7 Å². The van der Waals surface area contributed by atoms with Crippen LogP contribution in [0.25, 0.3) is 17.5 Å². The number of allylic oxidation sites excluding steroid dienone is 1. The first-order valence-electron chi connectivity index (χ1n) is 8.89. The van der Waals surface area contributed by atoms with Gasteiger partial charge in [-0.15, -0.1) is 0 Å². The van der Waals surface area contributed by atoms with E-state index in [4.69, 9.17) is 5.41 Å². The van der Waals surface area contributed by atoms with Crippen LogP contribution in [-0.4, -0.2) is 65.9 Å². The summed E-state index contributed by atoms with van der Waals surface area (Å²) in [5.74, 6) is 0.904. The largest absolute Gasteiger partial charge is 0.355 e. The van der Waals surface area contributed by atoms with Crippen LogP contribution in [0.5, 0.6) is 0 Å². The van der Waals surface area contributed by atoms with Crippen LogP contribution in [0, 0.1) is 5.41 Å². The highest BCUT2D eigenvalue weighted by Crippen LogP contribution is 2.24. The van der Waals surface area contributed by atoms with Crippen molar-refractivity contribution in [1.29, 1.82) is 5.41 Å². The van der Waals surface area contributed by atoms with E-state index in [0.717, 1.165) is 12.5 Å². The number of alkyl halides is 2. The average Bonchev–Trinajstić information content (AvgIpc) is 3.21. The van der Waals surface area contributed by atoms with Crippen molar-refractivity contribution in [2.24, 2.45) is 0 Å². The zero-order chi connectivity index (χ0) is 21.0. The van der Waals surface area contributed by atoms with Crippen molar-refractivity contribution >= 4 is 27.6 Å². The Labute approximate surface area is 166 Å². The number of aromatic nitrogens is 4. The van der Waals surface area contributed by atoms with Crippen LogP contribution in [0.2, 0.25) is 0 Å². The van der Waals surface area contributed by atoms with Crippen LogP contribution >= 0.6 is 0 Å². The number of hydrogen-bond acceptors (Lipinski definition) is 7. The van der Waals surface area contributed by atoms with Crippen LogP contribution in [0.3, 0.4) is 0 Å². The molecule has 29 heavy (non-hydrogen) atoms. The van der Waals surface area contributed by atoms with Crippen molar-refractivity contribution in [3.63, 3.8) is 0 Å². The van der Waals surface area contributed by atoms with Crippen molar-refractivity contribution in [1.82, 2.24) is 24.7 Å². The van der Waals surface area contributed by atoms with E-state index in [0.29, 0.717) is 42.5 Å². The summed E-state index contributed by atoms with van der Waals surface area (Å²) in [5, 5.41) is 6.61. The summed E-state index contributed by atoms with van der Waals surface area (Å²) in [6.07, 6.45) is 3.62. The van der Waals surface area contributed by atoms with Crippen LogP contribution in [0.4, 0.5) is 14.6 Å². The standard InChI is InChI=1S/C17H21F2N7O2S/c1-21-29(27,28)11-3-2-6-26(9-11)16-7-13(23-10-24-16)14-8-22-15(25-14)5-4-12(20)17(18)19/h4-5,7-8,10-11,17,20-21H,2-3,6,9H2,1H3,(H,22,25)/b5-4-,20-12?. The molecular formula is C17H21F2N7O2S. The minimum atomic E-state index is -3.37. The maximum Gasteiger partial charge on any atom is 0.279 e. The number of nitrogens with zero attached hydrogens (tertiary/aromatic N) is 4. The van der Waals surface area contributed by atoms with Crippen molar-refractivity contribution in [3.05, 3.63) is 30.5 Å². The molecular weight excluding hydrogens is 404 g/mol. The molecule has 0 saturated carbocycles. The van der Waals surface area contributed by atoms with Crippen LogP contribution in [0.15, 0.2) is 24.7 Å². The van der Waals surface area contributed by atoms with E-state index in [1.807, 2.05) is 4.90 Å². The quantitative estimate of drug-likeness (QED) is 0.579. The van der Waals surface area contributed by atoms with Gasteiger partial charge < -0.3 is 9.88 Å². The van der Waals surface area contributed by atoms with E-state index in [9.17, 15) is 17.2 Å². The predicted molar refractivity (Wildman–Crippen MR) is 106 cm³/mol. The summed E-state index contributed by atoms with van der Waals surface area (Å²) in [6.45, 7) is 1.01. The summed E-state index contributed by atoms with van der Waals surface area (Å²) >= 11 is 0. The topological polar surface area (TPSA) is 128 Å². The number of H-pyrrole nitrogens is 1. The highest BCUT2D eigenvalue weighted by Gasteiger charge is 2.30. The summed E-state index contributed by atoms with van der Waals surface area (Å²) in [7, 11) is -1.96. The smallest absolute Gasteiger partial charge is 0.279 e. The van der Waals surface area contributed by atoms with Crippen molar-refractivity contribution in [3.8, 4) is 11.4 Å². The number of sulfonamides is 1. The third-order valence-electron chi connectivity index (χ3n) is 4.61. The van der Waals surface area contributed by atoms with Crippen molar-refractivity contribution in [2.45, 2.75) is 24.5 Å². The lowest BCUT2D eigenvalue weighted by Gasteiger charge is -2.33. The van der Waals surface area contributed by atoms with Gasteiger partial charge in [-0.3, -0.25) is 5.41 Å². The Morgan fingerprint density at radius 3 is 2.93 bits per heavy atom. The molecule has 0 bridgehead atoms. The molecule has 1 unspecified atom stereocenters. The molecule has 156 valence electrons. The Morgan fingerprint density at radius 1 is 1.41 bits per heavy atom. The third kappa shape index (κ3) is 5.01. The number of rotatable bonds is 7. The summed E-state index contributed by atoms with van der Waals surface area (Å²) in [4.78, 5) is 17.4. The average molecular weight is 425 g/mol. The Bertz CT molecular complexity index is 1010. The molecule has 0 aliphatic carbocycles. The summed E-state index contributed by atoms with van der Waals surface area (Å²) in [6, 6.07) is 1.72. The number of halogens is 2.